The Kier molecular flexibility index (Phi) is 4.10. The maximum atomic E-state index is 5.83. The number of rotatable bonds is 3. The summed E-state index contributed by atoms with van der Waals surface area (Å²) in [6.07, 6.45) is 6.73. The summed E-state index contributed by atoms with van der Waals surface area (Å²) >= 11 is 3.47. The lowest BCUT2D eigenvalue weighted by Gasteiger charge is -2.22. The molecule has 1 aromatic rings. The minimum atomic E-state index is 0.734. The Morgan fingerprint density at radius 2 is 2.00 bits per heavy atom. The second-order valence-electron chi connectivity index (χ2n) is 4.50. The SMILES string of the molecule is Nc1ccc(OCC2CCCCC2)c(Br)c1. The van der Waals surface area contributed by atoms with Crippen LogP contribution in [0.5, 0.6) is 5.75 Å². The first-order chi connectivity index (χ1) is 7.75. The van der Waals surface area contributed by atoms with E-state index in [9.17, 15) is 0 Å². The van der Waals surface area contributed by atoms with Gasteiger partial charge in [0.15, 0.2) is 0 Å². The molecule has 3 heteroatoms. The Bertz CT molecular complexity index is 348. The molecule has 0 unspecified atom stereocenters. The van der Waals surface area contributed by atoms with E-state index in [2.05, 4.69) is 15.9 Å². The van der Waals surface area contributed by atoms with E-state index in [-0.39, 0.29) is 0 Å². The first-order valence-electron chi connectivity index (χ1n) is 5.93. The van der Waals surface area contributed by atoms with Crippen LogP contribution in [0.2, 0.25) is 0 Å². The molecule has 0 bridgehead atoms. The molecule has 0 atom stereocenters. The van der Waals surface area contributed by atoms with Gasteiger partial charge < -0.3 is 10.5 Å². The highest BCUT2D eigenvalue weighted by atomic mass is 79.9. The molecule has 0 aromatic heterocycles. The van der Waals surface area contributed by atoms with Crippen LogP contribution < -0.4 is 10.5 Å². The molecular weight excluding hydrogens is 266 g/mol. The van der Waals surface area contributed by atoms with Crippen molar-refractivity contribution in [2.75, 3.05) is 12.3 Å². The van der Waals surface area contributed by atoms with Crippen LogP contribution in [0.3, 0.4) is 0 Å². The normalized spacial score (nSPS) is 17.3. The molecule has 0 amide bonds. The maximum absolute atomic E-state index is 5.83. The van der Waals surface area contributed by atoms with Crippen LogP contribution in [0.25, 0.3) is 0 Å². The van der Waals surface area contributed by atoms with Crippen LogP contribution in [0.1, 0.15) is 32.1 Å². The molecule has 0 spiro atoms. The standard InChI is InChI=1S/C13H18BrNO/c14-12-8-11(15)6-7-13(12)16-9-10-4-2-1-3-5-10/h6-8,10H,1-5,9,15H2. The molecule has 2 nitrogen and oxygen atoms in total. The Balaban J connectivity index is 1.88. The van der Waals surface area contributed by atoms with E-state index in [4.69, 9.17) is 10.5 Å². The summed E-state index contributed by atoms with van der Waals surface area (Å²) in [5.74, 6) is 1.64. The summed E-state index contributed by atoms with van der Waals surface area (Å²) in [4.78, 5) is 0. The summed E-state index contributed by atoms with van der Waals surface area (Å²) in [7, 11) is 0. The van der Waals surface area contributed by atoms with Gasteiger partial charge in [-0.05, 0) is 52.9 Å². The zero-order valence-corrected chi connectivity index (χ0v) is 11.0. The molecule has 1 saturated carbocycles. The third-order valence-corrected chi connectivity index (χ3v) is 3.77. The Morgan fingerprint density at radius 3 is 2.69 bits per heavy atom. The van der Waals surface area contributed by atoms with E-state index in [1.807, 2.05) is 18.2 Å². The van der Waals surface area contributed by atoms with Gasteiger partial charge in [-0.15, -0.1) is 0 Å². The van der Waals surface area contributed by atoms with Crippen molar-refractivity contribution < 1.29 is 4.74 Å². The molecule has 1 aromatic carbocycles. The van der Waals surface area contributed by atoms with Crippen molar-refractivity contribution in [2.24, 2.45) is 5.92 Å². The lowest BCUT2D eigenvalue weighted by molar-refractivity contribution is 0.208. The van der Waals surface area contributed by atoms with Crippen molar-refractivity contribution in [3.63, 3.8) is 0 Å². The van der Waals surface area contributed by atoms with E-state index >= 15 is 0 Å². The molecule has 0 heterocycles. The van der Waals surface area contributed by atoms with Crippen molar-refractivity contribution in [2.45, 2.75) is 32.1 Å². The van der Waals surface area contributed by atoms with Crippen molar-refractivity contribution >= 4 is 21.6 Å². The quantitative estimate of drug-likeness (QED) is 0.852. The van der Waals surface area contributed by atoms with E-state index in [0.29, 0.717) is 0 Å². The summed E-state index contributed by atoms with van der Waals surface area (Å²) in [5, 5.41) is 0. The molecule has 0 radical (unpaired) electrons. The lowest BCUT2D eigenvalue weighted by atomic mass is 9.90. The highest BCUT2D eigenvalue weighted by Gasteiger charge is 2.14. The molecule has 0 saturated heterocycles. The number of nitrogen functional groups attached to an aromatic ring is 1. The van der Waals surface area contributed by atoms with Gasteiger partial charge in [-0.1, -0.05) is 19.3 Å². The number of ether oxygens (including phenoxy) is 1. The number of hydrogen-bond acceptors (Lipinski definition) is 2. The predicted octanol–water partition coefficient (Wildman–Crippen LogP) is 3.99. The molecule has 88 valence electrons. The number of hydrogen-bond donors (Lipinski definition) is 1. The molecule has 0 aliphatic heterocycles. The van der Waals surface area contributed by atoms with Crippen LogP contribution in [0, 0.1) is 5.92 Å². The predicted molar refractivity (Wildman–Crippen MR) is 70.6 cm³/mol. The number of nitrogens with two attached hydrogens (primary N) is 1. The summed E-state index contributed by atoms with van der Waals surface area (Å²) in [6.45, 7) is 0.836. The van der Waals surface area contributed by atoms with Gasteiger partial charge in [0, 0.05) is 5.69 Å². The monoisotopic (exact) mass is 283 g/mol. The minimum Gasteiger partial charge on any atom is -0.492 e. The molecular formula is C13H18BrNO. The second kappa shape index (κ2) is 5.58. The van der Waals surface area contributed by atoms with Crippen LogP contribution >= 0.6 is 15.9 Å². The zero-order chi connectivity index (χ0) is 11.4. The zero-order valence-electron chi connectivity index (χ0n) is 9.42. The van der Waals surface area contributed by atoms with E-state index in [1.165, 1.54) is 32.1 Å². The van der Waals surface area contributed by atoms with Gasteiger partial charge in [-0.25, -0.2) is 0 Å². The van der Waals surface area contributed by atoms with Gasteiger partial charge in [0.2, 0.25) is 0 Å². The van der Waals surface area contributed by atoms with Gasteiger partial charge in [-0.3, -0.25) is 0 Å². The van der Waals surface area contributed by atoms with Gasteiger partial charge in [0.05, 0.1) is 11.1 Å². The fourth-order valence-electron chi connectivity index (χ4n) is 2.20. The molecule has 1 aliphatic carbocycles. The van der Waals surface area contributed by atoms with Crippen LogP contribution in [-0.2, 0) is 0 Å². The second-order valence-corrected chi connectivity index (χ2v) is 5.36. The number of benzene rings is 1. The lowest BCUT2D eigenvalue weighted by Crippen LogP contribution is -2.15. The van der Waals surface area contributed by atoms with Gasteiger partial charge in [-0.2, -0.15) is 0 Å². The van der Waals surface area contributed by atoms with Crippen molar-refractivity contribution in [1.29, 1.82) is 0 Å². The first-order valence-corrected chi connectivity index (χ1v) is 6.73. The van der Waals surface area contributed by atoms with E-state index < -0.39 is 0 Å². The molecule has 16 heavy (non-hydrogen) atoms. The maximum Gasteiger partial charge on any atom is 0.133 e. The van der Waals surface area contributed by atoms with Crippen LogP contribution in [0.15, 0.2) is 22.7 Å². The molecule has 2 N–H and O–H groups in total. The third-order valence-electron chi connectivity index (χ3n) is 3.16. The smallest absolute Gasteiger partial charge is 0.133 e. The topological polar surface area (TPSA) is 35.2 Å². The van der Waals surface area contributed by atoms with Gasteiger partial charge >= 0.3 is 0 Å². The molecule has 2 rings (SSSR count). The minimum absolute atomic E-state index is 0.734. The molecule has 1 aliphatic rings. The highest BCUT2D eigenvalue weighted by molar-refractivity contribution is 9.10. The average Bonchev–Trinajstić information content (AvgIpc) is 2.29. The Hall–Kier alpha value is -0.700. The fraction of sp³-hybridized carbons (Fsp3) is 0.538. The number of anilines is 1. The van der Waals surface area contributed by atoms with Gasteiger partial charge in [0.25, 0.3) is 0 Å². The highest BCUT2D eigenvalue weighted by Crippen LogP contribution is 2.29. The fourth-order valence-corrected chi connectivity index (χ4v) is 2.71. The Labute approximate surface area is 105 Å². The van der Waals surface area contributed by atoms with Crippen LogP contribution in [0.4, 0.5) is 5.69 Å². The largest absolute Gasteiger partial charge is 0.492 e. The van der Waals surface area contributed by atoms with Crippen molar-refractivity contribution in [3.05, 3.63) is 22.7 Å². The first kappa shape index (κ1) is 11.8. The van der Waals surface area contributed by atoms with Crippen LogP contribution in [-0.4, -0.2) is 6.61 Å². The summed E-state index contributed by atoms with van der Waals surface area (Å²) in [5.41, 5.74) is 6.44. The van der Waals surface area contributed by atoms with E-state index in [0.717, 1.165) is 28.4 Å². The Morgan fingerprint density at radius 1 is 1.25 bits per heavy atom. The average molecular weight is 284 g/mol. The van der Waals surface area contributed by atoms with Crippen molar-refractivity contribution in [1.82, 2.24) is 0 Å². The summed E-state index contributed by atoms with van der Waals surface area (Å²) in [6, 6.07) is 5.69. The van der Waals surface area contributed by atoms with Gasteiger partial charge in [0.1, 0.15) is 5.75 Å². The molecule has 1 fully saturated rings. The number of halogens is 1. The third kappa shape index (κ3) is 3.14. The van der Waals surface area contributed by atoms with E-state index in [1.54, 1.807) is 0 Å². The summed E-state index contributed by atoms with van der Waals surface area (Å²) < 4.78 is 6.78. The van der Waals surface area contributed by atoms with Crippen molar-refractivity contribution in [3.8, 4) is 5.75 Å².